The Kier molecular flexibility index (Phi) is 4.44. The summed E-state index contributed by atoms with van der Waals surface area (Å²) in [5.74, 6) is -0.00374. The molecule has 1 aliphatic rings. The summed E-state index contributed by atoms with van der Waals surface area (Å²) >= 11 is 5.98. The molecule has 0 radical (unpaired) electrons. The number of aromatic nitrogens is 3. The van der Waals surface area contributed by atoms with Gasteiger partial charge in [0.1, 0.15) is 11.6 Å². The Bertz CT molecular complexity index is 978. The molecule has 4 rings (SSSR count). The van der Waals surface area contributed by atoms with Gasteiger partial charge >= 0.3 is 0 Å². The maximum Gasteiger partial charge on any atom is 0.291 e. The normalized spacial score (nSPS) is 15.2. The number of carbonyl (C=O) groups is 1. The van der Waals surface area contributed by atoms with E-state index in [9.17, 15) is 9.18 Å². The Hall–Kier alpha value is -2.73. The quantitative estimate of drug-likeness (QED) is 0.734. The molecular weight excluding hydrogens is 367 g/mol. The van der Waals surface area contributed by atoms with Gasteiger partial charge in [0.2, 0.25) is 5.82 Å². The molecule has 1 saturated carbocycles. The van der Waals surface area contributed by atoms with E-state index in [1.54, 1.807) is 19.1 Å². The van der Waals surface area contributed by atoms with Crippen molar-refractivity contribution < 1.29 is 9.18 Å². The largest absolute Gasteiger partial charge is 0.340 e. The summed E-state index contributed by atoms with van der Waals surface area (Å²) in [6, 6.07) is 13.4. The predicted octanol–water partition coefficient (Wildman–Crippen LogP) is 4.18. The molecule has 3 aromatic rings. The first-order valence-electron chi connectivity index (χ1n) is 8.75. The van der Waals surface area contributed by atoms with Crippen LogP contribution in [-0.2, 0) is 5.54 Å². The third-order valence-corrected chi connectivity index (χ3v) is 5.25. The van der Waals surface area contributed by atoms with Crippen LogP contribution >= 0.6 is 11.6 Å². The Morgan fingerprint density at radius 2 is 1.81 bits per heavy atom. The molecule has 0 spiro atoms. The van der Waals surface area contributed by atoms with E-state index in [-0.39, 0.29) is 17.5 Å². The number of nitrogens with one attached hydrogen (secondary N) is 1. The number of hydrogen-bond acceptors (Lipinski definition) is 3. The molecule has 7 heteroatoms. The fourth-order valence-corrected chi connectivity index (χ4v) is 3.50. The van der Waals surface area contributed by atoms with Crippen LogP contribution in [-0.4, -0.2) is 20.7 Å². The first-order chi connectivity index (χ1) is 13.0. The predicted molar refractivity (Wildman–Crippen MR) is 101 cm³/mol. The number of nitrogens with zero attached hydrogens (tertiary/aromatic N) is 3. The van der Waals surface area contributed by atoms with Crippen molar-refractivity contribution in [2.75, 3.05) is 0 Å². The molecule has 0 unspecified atom stereocenters. The molecule has 0 atom stereocenters. The topological polar surface area (TPSA) is 59.8 Å². The first kappa shape index (κ1) is 17.7. The fraction of sp³-hybridized carbons (Fsp3) is 0.250. The molecule has 5 nitrogen and oxygen atoms in total. The van der Waals surface area contributed by atoms with Crippen LogP contribution in [0.25, 0.3) is 5.69 Å². The second-order valence-corrected chi connectivity index (χ2v) is 7.20. The van der Waals surface area contributed by atoms with Crippen molar-refractivity contribution in [1.29, 1.82) is 0 Å². The molecule has 1 aromatic heterocycles. The molecule has 0 aliphatic heterocycles. The van der Waals surface area contributed by atoms with Gasteiger partial charge in [-0.15, -0.1) is 5.10 Å². The second kappa shape index (κ2) is 6.78. The van der Waals surface area contributed by atoms with E-state index in [1.807, 2.05) is 24.3 Å². The SMILES string of the molecule is Cc1nc(C(=O)NC2(c3ccc(Cl)cc3)CCC2)nn1-c1ccc(F)cc1. The number of amides is 1. The van der Waals surface area contributed by atoms with E-state index in [1.165, 1.54) is 16.8 Å². The number of aryl methyl sites for hydroxylation is 1. The third-order valence-electron chi connectivity index (χ3n) is 5.00. The van der Waals surface area contributed by atoms with Crippen LogP contribution in [0, 0.1) is 12.7 Å². The number of halogens is 2. The van der Waals surface area contributed by atoms with Crippen molar-refractivity contribution >= 4 is 17.5 Å². The van der Waals surface area contributed by atoms with Crippen molar-refractivity contribution in [3.05, 3.63) is 76.6 Å². The minimum atomic E-state index is -0.406. The zero-order valence-corrected chi connectivity index (χ0v) is 15.5. The van der Waals surface area contributed by atoms with Gasteiger partial charge in [0, 0.05) is 5.02 Å². The Labute approximate surface area is 161 Å². The van der Waals surface area contributed by atoms with Gasteiger partial charge in [0.05, 0.1) is 11.2 Å². The van der Waals surface area contributed by atoms with Gasteiger partial charge < -0.3 is 5.32 Å². The molecule has 0 saturated heterocycles. The summed E-state index contributed by atoms with van der Waals surface area (Å²) in [5, 5.41) is 8.07. The van der Waals surface area contributed by atoms with Gasteiger partial charge in [0.25, 0.3) is 5.91 Å². The smallest absolute Gasteiger partial charge is 0.291 e. The minimum Gasteiger partial charge on any atom is -0.340 e. The number of rotatable bonds is 4. The summed E-state index contributed by atoms with van der Waals surface area (Å²) in [5.41, 5.74) is 1.27. The van der Waals surface area contributed by atoms with Crippen molar-refractivity contribution in [3.63, 3.8) is 0 Å². The zero-order chi connectivity index (χ0) is 19.0. The van der Waals surface area contributed by atoms with Gasteiger partial charge in [-0.05, 0) is 68.1 Å². The maximum absolute atomic E-state index is 13.1. The van der Waals surface area contributed by atoms with Crippen molar-refractivity contribution in [2.45, 2.75) is 31.7 Å². The van der Waals surface area contributed by atoms with Crippen LogP contribution in [0.15, 0.2) is 48.5 Å². The van der Waals surface area contributed by atoms with E-state index in [4.69, 9.17) is 11.6 Å². The highest BCUT2D eigenvalue weighted by Crippen LogP contribution is 2.41. The average Bonchev–Trinajstić information content (AvgIpc) is 3.01. The molecule has 2 aromatic carbocycles. The molecule has 138 valence electrons. The van der Waals surface area contributed by atoms with Gasteiger partial charge in [-0.2, -0.15) is 0 Å². The third kappa shape index (κ3) is 3.32. The van der Waals surface area contributed by atoms with E-state index >= 15 is 0 Å². The molecule has 1 fully saturated rings. The van der Waals surface area contributed by atoms with Crippen molar-refractivity contribution in [3.8, 4) is 5.69 Å². The molecule has 1 N–H and O–H groups in total. The van der Waals surface area contributed by atoms with Crippen LogP contribution in [0.4, 0.5) is 4.39 Å². The van der Waals surface area contributed by atoms with E-state index < -0.39 is 5.54 Å². The Balaban J connectivity index is 1.59. The van der Waals surface area contributed by atoms with Gasteiger partial charge in [-0.1, -0.05) is 23.7 Å². The molecule has 0 bridgehead atoms. The van der Waals surface area contributed by atoms with E-state index in [2.05, 4.69) is 15.4 Å². The first-order valence-corrected chi connectivity index (χ1v) is 9.13. The van der Waals surface area contributed by atoms with Crippen LogP contribution in [0.3, 0.4) is 0 Å². The molecule has 27 heavy (non-hydrogen) atoms. The van der Waals surface area contributed by atoms with Crippen LogP contribution < -0.4 is 5.32 Å². The summed E-state index contributed by atoms with van der Waals surface area (Å²) in [6.45, 7) is 1.76. The summed E-state index contributed by atoms with van der Waals surface area (Å²) in [6.07, 6.45) is 2.76. The number of hydrogen-bond donors (Lipinski definition) is 1. The molecule has 1 amide bonds. The summed E-state index contributed by atoms with van der Waals surface area (Å²) in [7, 11) is 0. The molecular formula is C20H18ClFN4O. The summed E-state index contributed by atoms with van der Waals surface area (Å²) in [4.78, 5) is 17.1. The molecule has 1 heterocycles. The summed E-state index contributed by atoms with van der Waals surface area (Å²) < 4.78 is 14.7. The van der Waals surface area contributed by atoms with Gasteiger partial charge in [0.15, 0.2) is 0 Å². The van der Waals surface area contributed by atoms with Crippen LogP contribution in [0.5, 0.6) is 0 Å². The highest BCUT2D eigenvalue weighted by Gasteiger charge is 2.40. The van der Waals surface area contributed by atoms with E-state index in [0.717, 1.165) is 24.8 Å². The Morgan fingerprint density at radius 3 is 2.41 bits per heavy atom. The standard InChI is InChI=1S/C20H18ClFN4O/c1-13-23-18(25-26(13)17-9-7-16(22)8-10-17)19(27)24-20(11-2-12-20)14-3-5-15(21)6-4-14/h3-10H,2,11-12H2,1H3,(H,24,27). The second-order valence-electron chi connectivity index (χ2n) is 6.77. The monoisotopic (exact) mass is 384 g/mol. The highest BCUT2D eigenvalue weighted by atomic mass is 35.5. The van der Waals surface area contributed by atoms with Crippen molar-refractivity contribution in [1.82, 2.24) is 20.1 Å². The lowest BCUT2D eigenvalue weighted by Crippen LogP contribution is -2.51. The maximum atomic E-state index is 13.1. The lowest BCUT2D eigenvalue weighted by molar-refractivity contribution is 0.0812. The fourth-order valence-electron chi connectivity index (χ4n) is 3.37. The van der Waals surface area contributed by atoms with Gasteiger partial charge in [-0.25, -0.2) is 14.1 Å². The molecule has 1 aliphatic carbocycles. The lowest BCUT2D eigenvalue weighted by atomic mass is 9.72. The van der Waals surface area contributed by atoms with Crippen molar-refractivity contribution in [2.24, 2.45) is 0 Å². The number of carbonyl (C=O) groups excluding carboxylic acids is 1. The number of benzene rings is 2. The zero-order valence-electron chi connectivity index (χ0n) is 14.7. The minimum absolute atomic E-state index is 0.0945. The Morgan fingerprint density at radius 1 is 1.15 bits per heavy atom. The van der Waals surface area contributed by atoms with E-state index in [0.29, 0.717) is 16.5 Å². The lowest BCUT2D eigenvalue weighted by Gasteiger charge is -2.42. The average molecular weight is 385 g/mol. The highest BCUT2D eigenvalue weighted by molar-refractivity contribution is 6.30. The van der Waals surface area contributed by atoms with Crippen LogP contribution in [0.2, 0.25) is 5.02 Å². The van der Waals surface area contributed by atoms with Crippen LogP contribution in [0.1, 0.15) is 41.3 Å². The van der Waals surface area contributed by atoms with Gasteiger partial charge in [-0.3, -0.25) is 4.79 Å².